The Bertz CT molecular complexity index is 2730. The van der Waals surface area contributed by atoms with Gasteiger partial charge in [0, 0.05) is 19.3 Å². The number of rotatable bonds is 83. The molecule has 0 rings (SSSR count). The first-order valence-electron chi connectivity index (χ1n) is 44.4. The number of aliphatic hydroxyl groups excluding tert-OH is 2. The molecule has 0 saturated heterocycles. The van der Waals surface area contributed by atoms with Gasteiger partial charge in [0.05, 0.1) is 26.4 Å². The lowest BCUT2D eigenvalue weighted by atomic mass is 10.0. The van der Waals surface area contributed by atoms with E-state index in [2.05, 4.69) is 179 Å². The third-order valence-corrected chi connectivity index (χ3v) is 20.3. The Balaban J connectivity index is 4.50. The van der Waals surface area contributed by atoms with Gasteiger partial charge in [-0.1, -0.05) is 358 Å². The summed E-state index contributed by atoms with van der Waals surface area (Å²) in [4.78, 5) is 58.8. The Kier molecular flexibility index (Phi) is 82.4. The topological polar surface area (TPSA) is 231 Å². The summed E-state index contributed by atoms with van der Waals surface area (Å²) in [5, 5.41) is 20.7. The second kappa shape index (κ2) is 86.3. The quantitative estimate of drug-likeness (QED) is 0.0146. The maximum atomic E-state index is 13.0. The van der Waals surface area contributed by atoms with E-state index >= 15 is 0 Å². The Morgan fingerprint density at radius 2 is 0.478 bits per heavy atom. The van der Waals surface area contributed by atoms with Crippen molar-refractivity contribution in [2.45, 2.75) is 373 Å². The Morgan fingerprint density at radius 3 is 0.770 bits per heavy atom. The summed E-state index contributed by atoms with van der Waals surface area (Å²) in [6.45, 7) is 2.37. The van der Waals surface area contributed by atoms with Crippen molar-refractivity contribution in [1.82, 2.24) is 0 Å². The van der Waals surface area contributed by atoms with Crippen LogP contribution in [0.3, 0.4) is 0 Å². The number of aliphatic hydroxyl groups is 2. The summed E-state index contributed by atoms with van der Waals surface area (Å²) in [7, 11) is -9.83. The predicted octanol–water partition coefficient (Wildman–Crippen LogP) is 27.1. The van der Waals surface area contributed by atoms with E-state index < -0.39 is 91.5 Å². The van der Waals surface area contributed by atoms with Crippen molar-refractivity contribution in [3.05, 3.63) is 170 Å². The highest BCUT2D eigenvalue weighted by Gasteiger charge is 2.29. The Labute approximate surface area is 688 Å². The fraction of sp³-hybridized carbons (Fsp3) is 0.674. The molecule has 0 heterocycles. The van der Waals surface area contributed by atoms with E-state index in [0.717, 1.165) is 135 Å². The van der Waals surface area contributed by atoms with Gasteiger partial charge in [0.15, 0.2) is 6.10 Å². The molecule has 0 bridgehead atoms. The summed E-state index contributed by atoms with van der Waals surface area (Å²) < 4.78 is 61.3. The molecule has 5 unspecified atom stereocenters. The van der Waals surface area contributed by atoms with Gasteiger partial charge in [-0.3, -0.25) is 32.5 Å². The molecule has 0 fully saturated rings. The lowest BCUT2D eigenvalue weighted by Gasteiger charge is -2.21. The largest absolute Gasteiger partial charge is 0.472 e. The van der Waals surface area contributed by atoms with Gasteiger partial charge in [-0.05, 0) is 148 Å². The van der Waals surface area contributed by atoms with E-state index in [1.165, 1.54) is 154 Å². The van der Waals surface area contributed by atoms with Crippen LogP contribution in [0.4, 0.5) is 0 Å². The highest BCUT2D eigenvalue weighted by molar-refractivity contribution is 7.47. The number of phosphoric ester groups is 2. The first-order chi connectivity index (χ1) is 55.2. The predicted molar refractivity (Wildman–Crippen MR) is 472 cm³/mol. The molecule has 18 heteroatoms. The van der Waals surface area contributed by atoms with Crippen molar-refractivity contribution in [2.75, 3.05) is 39.6 Å². The van der Waals surface area contributed by atoms with Crippen LogP contribution in [0.2, 0.25) is 0 Å². The van der Waals surface area contributed by atoms with Crippen LogP contribution in [0.25, 0.3) is 0 Å². The minimum Gasteiger partial charge on any atom is -0.463 e. The van der Waals surface area contributed by atoms with Crippen molar-refractivity contribution < 1.29 is 75.8 Å². The van der Waals surface area contributed by atoms with Crippen LogP contribution in [0.15, 0.2) is 170 Å². The van der Waals surface area contributed by atoms with Gasteiger partial charge < -0.3 is 34.2 Å². The van der Waals surface area contributed by atoms with E-state index in [-0.39, 0.29) is 19.3 Å². The molecule has 646 valence electrons. The molecule has 113 heavy (non-hydrogen) atoms. The highest BCUT2D eigenvalue weighted by Crippen LogP contribution is 2.45. The smallest absolute Gasteiger partial charge is 0.463 e. The summed E-state index contributed by atoms with van der Waals surface area (Å²) >= 11 is 0. The zero-order valence-corrected chi connectivity index (χ0v) is 72.8. The van der Waals surface area contributed by atoms with Crippen LogP contribution in [-0.2, 0) is 55.8 Å². The molecule has 0 aromatic rings. The standard InChI is InChI=1S/C95H160O16P2/c1-4-7-10-13-16-19-22-25-28-31-33-35-37-39-40-41-42-43-44-45-46-47-48-50-52-53-55-58-60-63-66-69-72-75-78-81-93(98)105-84-90(96)85-107-112(101,102)108-86-91(97)87-109-113(103,104)110-89-92(111-95(100)83-80-77-74-71-68-65-62-57-30-27-24-21-18-15-12-9-6-3)88-106-94(99)82-79-76-73-70-67-64-61-59-56-54-51-49-38-36-34-32-29-26-23-20-17-14-11-8-5-2/h8-9,11-12,16-21,25-30,33-36,39-40,49,51,62,65,71,74,90-92,96-97H,4-7,10,13-15,22-24,31-32,37-38,41-48,50,52-61,63-64,66-70,72-73,75-89H2,1-3H3,(H,101,102)(H,103,104)/b11-8-,12-9-,19-16-,20-17-,21-18-,28-25-,29-26-,30-27-,35-33-,36-34-,40-39-,51-49-,65-62-,74-71-. The number of carbonyl (C=O) groups is 3. The molecule has 4 N–H and O–H groups in total. The number of esters is 3. The summed E-state index contributed by atoms with van der Waals surface area (Å²) in [5.41, 5.74) is 0. The Morgan fingerprint density at radius 1 is 0.257 bits per heavy atom. The van der Waals surface area contributed by atoms with E-state index in [1.54, 1.807) is 0 Å². The third kappa shape index (κ3) is 87.6. The van der Waals surface area contributed by atoms with Gasteiger partial charge in [0.25, 0.3) is 0 Å². The van der Waals surface area contributed by atoms with Crippen LogP contribution in [-0.4, -0.2) is 95.9 Å². The molecule has 0 aromatic carbocycles. The number of unbranched alkanes of at least 4 members (excludes halogenated alkanes) is 32. The number of phosphoric acid groups is 2. The minimum atomic E-state index is -4.96. The zero-order valence-electron chi connectivity index (χ0n) is 71.0. The molecule has 0 aliphatic carbocycles. The maximum Gasteiger partial charge on any atom is 0.472 e. The van der Waals surface area contributed by atoms with Gasteiger partial charge in [-0.25, -0.2) is 9.13 Å². The normalized spacial score (nSPS) is 14.6. The molecule has 0 radical (unpaired) electrons. The highest BCUT2D eigenvalue weighted by atomic mass is 31.2. The van der Waals surface area contributed by atoms with Gasteiger partial charge in [0.2, 0.25) is 0 Å². The number of hydrogen-bond acceptors (Lipinski definition) is 14. The lowest BCUT2D eigenvalue weighted by Crippen LogP contribution is -2.30. The lowest BCUT2D eigenvalue weighted by molar-refractivity contribution is -0.161. The second-order valence-corrected chi connectivity index (χ2v) is 32.2. The molecule has 0 aromatic heterocycles. The first-order valence-corrected chi connectivity index (χ1v) is 47.4. The summed E-state index contributed by atoms with van der Waals surface area (Å²) in [5.74, 6) is -1.65. The van der Waals surface area contributed by atoms with E-state index in [4.69, 9.17) is 32.3 Å². The molecule has 5 atom stereocenters. The zero-order chi connectivity index (χ0) is 82.2. The van der Waals surface area contributed by atoms with E-state index in [1.807, 2.05) is 12.2 Å². The molecular formula is C95H160O16P2. The number of carbonyl (C=O) groups excluding carboxylic acids is 3. The van der Waals surface area contributed by atoms with Crippen molar-refractivity contribution in [3.63, 3.8) is 0 Å². The SMILES string of the molecule is CC/C=C\C/C=C\C/C=C\C/C=C\C/C=C\CCCCCCCCCCCC(=O)OCC(COP(=O)(O)OCC(O)COP(=O)(O)OCC(O)COC(=O)CCCCCCCCCCCCCCCCCCCCC/C=C\C/C=C\C/C=C\C/C=C\CCCCC)OC(=O)CCC/C=C\C/C=C\C/C=C\C/C=C\C/C=C\CC. The van der Waals surface area contributed by atoms with Crippen LogP contribution >= 0.6 is 15.6 Å². The minimum absolute atomic E-state index is 0.0199. The fourth-order valence-electron chi connectivity index (χ4n) is 11.7. The van der Waals surface area contributed by atoms with Crippen molar-refractivity contribution in [1.29, 1.82) is 0 Å². The number of allylic oxidation sites excluding steroid dienone is 28. The molecular weight excluding hydrogens is 1460 g/mol. The first kappa shape index (κ1) is 108. The molecule has 0 amide bonds. The Hall–Kier alpha value is -5.09. The van der Waals surface area contributed by atoms with Crippen molar-refractivity contribution >= 4 is 33.6 Å². The second-order valence-electron chi connectivity index (χ2n) is 29.3. The molecule has 16 nitrogen and oxygen atoms in total. The summed E-state index contributed by atoms with van der Waals surface area (Å²) in [6.07, 6.45) is 111. The molecule has 0 spiro atoms. The van der Waals surface area contributed by atoms with E-state index in [0.29, 0.717) is 25.7 Å². The van der Waals surface area contributed by atoms with Crippen LogP contribution in [0.1, 0.15) is 355 Å². The number of hydrogen-bond donors (Lipinski definition) is 4. The van der Waals surface area contributed by atoms with Gasteiger partial charge in [0.1, 0.15) is 25.4 Å². The summed E-state index contributed by atoms with van der Waals surface area (Å²) in [6, 6.07) is 0. The maximum absolute atomic E-state index is 13.0. The van der Waals surface area contributed by atoms with Crippen LogP contribution in [0.5, 0.6) is 0 Å². The molecule has 0 saturated carbocycles. The van der Waals surface area contributed by atoms with Gasteiger partial charge in [-0.15, -0.1) is 0 Å². The molecule has 0 aliphatic heterocycles. The average Bonchev–Trinajstić information content (AvgIpc) is 0.902. The monoisotopic (exact) mass is 1620 g/mol. The van der Waals surface area contributed by atoms with Crippen molar-refractivity contribution in [3.8, 4) is 0 Å². The third-order valence-electron chi connectivity index (χ3n) is 18.4. The average molecular weight is 1620 g/mol. The fourth-order valence-corrected chi connectivity index (χ4v) is 13.3. The van der Waals surface area contributed by atoms with Gasteiger partial charge >= 0.3 is 33.6 Å². The van der Waals surface area contributed by atoms with E-state index in [9.17, 15) is 43.5 Å². The van der Waals surface area contributed by atoms with Crippen molar-refractivity contribution in [2.24, 2.45) is 0 Å². The van der Waals surface area contributed by atoms with Crippen LogP contribution in [0, 0.1) is 0 Å². The molecule has 0 aliphatic rings. The van der Waals surface area contributed by atoms with Crippen LogP contribution < -0.4 is 0 Å². The van der Waals surface area contributed by atoms with Gasteiger partial charge in [-0.2, -0.15) is 0 Å². The number of ether oxygens (including phenoxy) is 3.